The summed E-state index contributed by atoms with van der Waals surface area (Å²) in [4.78, 5) is 13.9. The van der Waals surface area contributed by atoms with Crippen molar-refractivity contribution in [2.75, 3.05) is 19.7 Å². The highest BCUT2D eigenvalue weighted by Gasteiger charge is 2.45. The first-order chi connectivity index (χ1) is 11.1. The lowest BCUT2D eigenvalue weighted by molar-refractivity contribution is -0.151. The molecule has 1 amide bonds. The summed E-state index contributed by atoms with van der Waals surface area (Å²) in [5.41, 5.74) is -0.283. The lowest BCUT2D eigenvalue weighted by atomic mass is 9.78. The number of nitrogens with zero attached hydrogens (tertiary/aromatic N) is 1. The molecule has 0 aromatic carbocycles. The van der Waals surface area contributed by atoms with Crippen LogP contribution in [0.25, 0.3) is 0 Å². The molecule has 2 aliphatic rings. The fourth-order valence-corrected chi connectivity index (χ4v) is 3.85. The molecule has 3 rings (SSSR count). The number of carbonyl (C=O) groups excluding carboxylic acids is 1. The second-order valence-corrected chi connectivity index (χ2v) is 6.65. The minimum atomic E-state index is -0.283. The number of amides is 1. The van der Waals surface area contributed by atoms with Crippen molar-refractivity contribution >= 4 is 5.91 Å². The lowest BCUT2D eigenvalue weighted by Crippen LogP contribution is -2.63. The van der Waals surface area contributed by atoms with Gasteiger partial charge in [-0.1, -0.05) is 12.8 Å². The van der Waals surface area contributed by atoms with E-state index in [4.69, 9.17) is 14.3 Å². The van der Waals surface area contributed by atoms with Gasteiger partial charge in [0.1, 0.15) is 23.7 Å². The average Bonchev–Trinajstić information content (AvgIpc) is 2.97. The van der Waals surface area contributed by atoms with E-state index >= 15 is 0 Å². The highest BCUT2D eigenvalue weighted by atomic mass is 16.5. The zero-order chi connectivity index (χ0) is 16.3. The SMILES string of the molecule is CC(=O)NC1CCCCC12CN(Cc1ccc(CO)o1)CCO2. The van der Waals surface area contributed by atoms with E-state index in [1.165, 1.54) is 0 Å². The van der Waals surface area contributed by atoms with Crippen LogP contribution in [0.5, 0.6) is 0 Å². The van der Waals surface area contributed by atoms with Gasteiger partial charge in [0.25, 0.3) is 0 Å². The molecule has 2 atom stereocenters. The molecule has 1 saturated carbocycles. The van der Waals surface area contributed by atoms with E-state index in [1.807, 2.05) is 12.1 Å². The summed E-state index contributed by atoms with van der Waals surface area (Å²) in [6.07, 6.45) is 4.23. The smallest absolute Gasteiger partial charge is 0.217 e. The minimum absolute atomic E-state index is 0.00983. The largest absolute Gasteiger partial charge is 0.462 e. The van der Waals surface area contributed by atoms with E-state index < -0.39 is 0 Å². The molecule has 2 N–H and O–H groups in total. The maximum absolute atomic E-state index is 11.5. The van der Waals surface area contributed by atoms with Gasteiger partial charge in [0.2, 0.25) is 5.91 Å². The molecule has 1 aliphatic carbocycles. The lowest BCUT2D eigenvalue weighted by Gasteiger charge is -2.49. The van der Waals surface area contributed by atoms with Crippen molar-refractivity contribution in [1.29, 1.82) is 0 Å². The molecule has 1 aromatic heterocycles. The van der Waals surface area contributed by atoms with Crippen LogP contribution in [0.4, 0.5) is 0 Å². The Labute approximate surface area is 136 Å². The predicted octanol–water partition coefficient (Wildman–Crippen LogP) is 1.42. The van der Waals surface area contributed by atoms with E-state index in [-0.39, 0.29) is 24.2 Å². The summed E-state index contributed by atoms with van der Waals surface area (Å²) in [5, 5.41) is 12.2. The molecule has 1 saturated heterocycles. The molecule has 0 radical (unpaired) electrons. The second kappa shape index (κ2) is 7.03. The molecule has 6 heteroatoms. The number of aliphatic hydroxyl groups excluding tert-OH is 1. The molecule has 23 heavy (non-hydrogen) atoms. The van der Waals surface area contributed by atoms with Crippen molar-refractivity contribution in [2.24, 2.45) is 0 Å². The predicted molar refractivity (Wildman–Crippen MR) is 84.7 cm³/mol. The van der Waals surface area contributed by atoms with Gasteiger partial charge in [0.05, 0.1) is 19.2 Å². The molecule has 1 aromatic rings. The minimum Gasteiger partial charge on any atom is -0.462 e. The van der Waals surface area contributed by atoms with Gasteiger partial charge in [0.15, 0.2) is 0 Å². The third-order valence-electron chi connectivity index (χ3n) is 4.90. The van der Waals surface area contributed by atoms with Crippen LogP contribution in [0.15, 0.2) is 16.5 Å². The van der Waals surface area contributed by atoms with Crippen molar-refractivity contribution in [3.05, 3.63) is 23.7 Å². The van der Waals surface area contributed by atoms with Crippen LogP contribution in [-0.2, 0) is 22.7 Å². The number of furan rings is 1. The fraction of sp³-hybridized carbons (Fsp3) is 0.706. The molecular formula is C17H26N2O4. The molecule has 1 spiro atoms. The molecule has 2 fully saturated rings. The Morgan fingerprint density at radius 3 is 3.00 bits per heavy atom. The van der Waals surface area contributed by atoms with Gasteiger partial charge < -0.3 is 19.6 Å². The van der Waals surface area contributed by atoms with Gasteiger partial charge in [-0.25, -0.2) is 0 Å². The van der Waals surface area contributed by atoms with E-state index in [2.05, 4.69) is 10.2 Å². The Morgan fingerprint density at radius 2 is 2.26 bits per heavy atom. The normalized spacial score (nSPS) is 28.9. The Kier molecular flexibility index (Phi) is 5.04. The maximum atomic E-state index is 11.5. The second-order valence-electron chi connectivity index (χ2n) is 6.65. The van der Waals surface area contributed by atoms with Crippen LogP contribution in [-0.4, -0.2) is 47.3 Å². The standard InChI is InChI=1S/C17H26N2O4/c1-13(21)18-16-4-2-3-7-17(16)12-19(8-9-22-17)10-14-5-6-15(11-20)23-14/h5-6,16,20H,2-4,7-12H2,1H3,(H,18,21). The summed E-state index contributed by atoms with van der Waals surface area (Å²) < 4.78 is 11.8. The van der Waals surface area contributed by atoms with Crippen LogP contribution in [0.3, 0.4) is 0 Å². The molecule has 1 aliphatic heterocycles. The number of hydrogen-bond donors (Lipinski definition) is 2. The van der Waals surface area contributed by atoms with Gasteiger partial charge in [0, 0.05) is 20.0 Å². The van der Waals surface area contributed by atoms with Gasteiger partial charge in [-0.15, -0.1) is 0 Å². The summed E-state index contributed by atoms with van der Waals surface area (Å²) in [5.74, 6) is 1.46. The van der Waals surface area contributed by atoms with E-state index in [9.17, 15) is 4.79 Å². The summed E-state index contributed by atoms with van der Waals surface area (Å²) in [7, 11) is 0. The molecule has 0 bridgehead atoms. The van der Waals surface area contributed by atoms with Crippen molar-refractivity contribution in [2.45, 2.75) is 57.4 Å². The first-order valence-electron chi connectivity index (χ1n) is 8.43. The first-order valence-corrected chi connectivity index (χ1v) is 8.43. The molecular weight excluding hydrogens is 296 g/mol. The van der Waals surface area contributed by atoms with Crippen molar-refractivity contribution in [1.82, 2.24) is 10.2 Å². The van der Waals surface area contributed by atoms with Crippen molar-refractivity contribution < 1.29 is 19.1 Å². The van der Waals surface area contributed by atoms with Gasteiger partial charge in [-0.2, -0.15) is 0 Å². The van der Waals surface area contributed by atoms with E-state index in [1.54, 1.807) is 6.92 Å². The van der Waals surface area contributed by atoms with Crippen LogP contribution in [0.2, 0.25) is 0 Å². The monoisotopic (exact) mass is 322 g/mol. The quantitative estimate of drug-likeness (QED) is 0.877. The highest BCUT2D eigenvalue weighted by Crippen LogP contribution is 2.35. The van der Waals surface area contributed by atoms with Gasteiger partial charge in [-0.05, 0) is 25.0 Å². The number of morpholine rings is 1. The zero-order valence-corrected chi connectivity index (χ0v) is 13.7. The molecule has 2 heterocycles. The molecule has 6 nitrogen and oxygen atoms in total. The molecule has 128 valence electrons. The summed E-state index contributed by atoms with van der Waals surface area (Å²) in [6.45, 7) is 4.53. The Bertz CT molecular complexity index is 540. The Balaban J connectivity index is 1.69. The summed E-state index contributed by atoms with van der Waals surface area (Å²) >= 11 is 0. The number of ether oxygens (including phenoxy) is 1. The number of carbonyl (C=O) groups is 1. The maximum Gasteiger partial charge on any atom is 0.217 e. The first kappa shape index (κ1) is 16.5. The number of nitrogens with one attached hydrogen (secondary N) is 1. The Hall–Kier alpha value is -1.37. The van der Waals surface area contributed by atoms with Gasteiger partial charge in [-0.3, -0.25) is 9.69 Å². The molecule has 2 unspecified atom stereocenters. The highest BCUT2D eigenvalue weighted by molar-refractivity contribution is 5.73. The third kappa shape index (κ3) is 3.76. The van der Waals surface area contributed by atoms with Crippen LogP contribution in [0.1, 0.15) is 44.1 Å². The average molecular weight is 322 g/mol. The Morgan fingerprint density at radius 1 is 1.43 bits per heavy atom. The number of hydrogen-bond acceptors (Lipinski definition) is 5. The van der Waals surface area contributed by atoms with Crippen molar-refractivity contribution in [3.8, 4) is 0 Å². The van der Waals surface area contributed by atoms with Gasteiger partial charge >= 0.3 is 0 Å². The van der Waals surface area contributed by atoms with Crippen LogP contribution >= 0.6 is 0 Å². The zero-order valence-electron chi connectivity index (χ0n) is 13.7. The van der Waals surface area contributed by atoms with E-state index in [0.717, 1.165) is 44.5 Å². The van der Waals surface area contributed by atoms with Crippen LogP contribution in [0, 0.1) is 0 Å². The topological polar surface area (TPSA) is 74.9 Å². The van der Waals surface area contributed by atoms with E-state index in [0.29, 0.717) is 18.9 Å². The fourth-order valence-electron chi connectivity index (χ4n) is 3.85. The third-order valence-corrected chi connectivity index (χ3v) is 4.90. The summed E-state index contributed by atoms with van der Waals surface area (Å²) in [6, 6.07) is 3.81. The van der Waals surface area contributed by atoms with Crippen LogP contribution < -0.4 is 5.32 Å². The number of aliphatic hydroxyl groups is 1. The number of rotatable bonds is 4. The van der Waals surface area contributed by atoms with Crippen molar-refractivity contribution in [3.63, 3.8) is 0 Å².